The molecule has 0 heterocycles. The van der Waals surface area contributed by atoms with Gasteiger partial charge in [0, 0.05) is 11.3 Å². The molecule has 0 amide bonds. The first-order chi connectivity index (χ1) is 9.69. The number of nitrogens with zero attached hydrogens (tertiary/aromatic N) is 1. The summed E-state index contributed by atoms with van der Waals surface area (Å²) in [5.41, 5.74) is 0.777. The van der Waals surface area contributed by atoms with Crippen LogP contribution in [-0.4, -0.2) is 22.1 Å². The summed E-state index contributed by atoms with van der Waals surface area (Å²) in [4.78, 5) is 0. The number of halogens is 1. The van der Waals surface area contributed by atoms with Crippen LogP contribution in [0.4, 0.5) is 4.39 Å². The lowest BCUT2D eigenvalue weighted by molar-refractivity contribution is 0.00218. The Balaban J connectivity index is 1.95. The molecule has 0 aromatic heterocycles. The highest BCUT2D eigenvalue weighted by Gasteiger charge is 2.50. The molecule has 1 aromatic carbocycles. The van der Waals surface area contributed by atoms with E-state index in [1.165, 1.54) is 6.07 Å². The van der Waals surface area contributed by atoms with Crippen molar-refractivity contribution in [1.29, 1.82) is 0 Å². The minimum Gasteiger partial charge on any atom is -0.411 e. The molecular formula is C16H20FNO2. The second-order valence-electron chi connectivity index (χ2n) is 6.02. The van der Waals surface area contributed by atoms with Crippen LogP contribution in [0, 0.1) is 11.7 Å². The molecule has 0 bridgehead atoms. The zero-order chi connectivity index (χ0) is 14.2. The number of hydrogen-bond acceptors (Lipinski definition) is 3. The summed E-state index contributed by atoms with van der Waals surface area (Å²) in [6.07, 6.45) is 4.40. The lowest BCUT2D eigenvalue weighted by Crippen LogP contribution is -2.50. The SMILES string of the molecule is ON=C1CCC[C@@H]1[C@@H](O)C1(c2ccccc2F)CCC1. The molecule has 0 aliphatic heterocycles. The van der Waals surface area contributed by atoms with E-state index in [0.717, 1.165) is 38.5 Å². The molecule has 2 aliphatic rings. The standard InChI is InChI=1S/C16H20FNO2/c17-13-7-2-1-6-12(13)16(9-4-10-16)15(19)11-5-3-8-14(11)18-20/h1-2,6-7,11,15,19-20H,3-5,8-10H2/t11-,15+/m0/s1. The van der Waals surface area contributed by atoms with Gasteiger partial charge in [0.1, 0.15) is 5.82 Å². The van der Waals surface area contributed by atoms with E-state index < -0.39 is 11.5 Å². The van der Waals surface area contributed by atoms with Gasteiger partial charge in [0.2, 0.25) is 0 Å². The van der Waals surface area contributed by atoms with Crippen LogP contribution >= 0.6 is 0 Å². The fraction of sp³-hybridized carbons (Fsp3) is 0.562. The van der Waals surface area contributed by atoms with Crippen LogP contribution < -0.4 is 0 Å². The summed E-state index contributed by atoms with van der Waals surface area (Å²) in [6.45, 7) is 0. The molecule has 0 saturated heterocycles. The predicted molar refractivity (Wildman–Crippen MR) is 74.5 cm³/mol. The fourth-order valence-corrected chi connectivity index (χ4v) is 3.85. The van der Waals surface area contributed by atoms with Gasteiger partial charge in [0.15, 0.2) is 0 Å². The van der Waals surface area contributed by atoms with Crippen LogP contribution in [0.1, 0.15) is 44.1 Å². The quantitative estimate of drug-likeness (QED) is 0.658. The molecule has 20 heavy (non-hydrogen) atoms. The van der Waals surface area contributed by atoms with E-state index in [2.05, 4.69) is 5.16 Å². The van der Waals surface area contributed by atoms with Gasteiger partial charge in [-0.25, -0.2) is 4.39 Å². The van der Waals surface area contributed by atoms with E-state index in [1.54, 1.807) is 12.1 Å². The van der Waals surface area contributed by atoms with E-state index in [4.69, 9.17) is 5.21 Å². The van der Waals surface area contributed by atoms with Crippen molar-refractivity contribution < 1.29 is 14.7 Å². The topological polar surface area (TPSA) is 52.8 Å². The molecule has 0 unspecified atom stereocenters. The van der Waals surface area contributed by atoms with Crippen molar-refractivity contribution in [1.82, 2.24) is 0 Å². The number of aliphatic hydroxyl groups excluding tert-OH is 1. The van der Waals surface area contributed by atoms with Gasteiger partial charge in [0.25, 0.3) is 0 Å². The zero-order valence-corrected chi connectivity index (χ0v) is 11.4. The maximum atomic E-state index is 14.1. The van der Waals surface area contributed by atoms with Crippen LogP contribution in [0.15, 0.2) is 29.4 Å². The van der Waals surface area contributed by atoms with Gasteiger partial charge in [0.05, 0.1) is 11.8 Å². The maximum Gasteiger partial charge on any atom is 0.127 e. The van der Waals surface area contributed by atoms with Crippen LogP contribution in [0.5, 0.6) is 0 Å². The Morgan fingerprint density at radius 3 is 2.60 bits per heavy atom. The average molecular weight is 277 g/mol. The molecule has 4 heteroatoms. The fourth-order valence-electron chi connectivity index (χ4n) is 3.85. The summed E-state index contributed by atoms with van der Waals surface area (Å²) in [6, 6.07) is 6.73. The molecule has 1 aromatic rings. The summed E-state index contributed by atoms with van der Waals surface area (Å²) >= 11 is 0. The summed E-state index contributed by atoms with van der Waals surface area (Å²) in [5, 5.41) is 23.3. The molecule has 2 N–H and O–H groups in total. The Morgan fingerprint density at radius 1 is 1.25 bits per heavy atom. The first-order valence-corrected chi connectivity index (χ1v) is 7.33. The second kappa shape index (κ2) is 5.17. The van der Waals surface area contributed by atoms with Gasteiger partial charge in [-0.1, -0.05) is 29.8 Å². The van der Waals surface area contributed by atoms with Crippen molar-refractivity contribution in [3.8, 4) is 0 Å². The lowest BCUT2D eigenvalue weighted by atomic mass is 9.58. The van der Waals surface area contributed by atoms with E-state index in [-0.39, 0.29) is 11.7 Å². The van der Waals surface area contributed by atoms with Crippen molar-refractivity contribution in [2.45, 2.75) is 50.0 Å². The highest BCUT2D eigenvalue weighted by Crippen LogP contribution is 2.50. The van der Waals surface area contributed by atoms with E-state index in [0.29, 0.717) is 11.3 Å². The molecular weight excluding hydrogens is 257 g/mol. The minimum atomic E-state index is -0.665. The number of hydrogen-bond donors (Lipinski definition) is 2. The zero-order valence-electron chi connectivity index (χ0n) is 11.4. The van der Waals surface area contributed by atoms with Crippen LogP contribution in [0.25, 0.3) is 0 Å². The van der Waals surface area contributed by atoms with Gasteiger partial charge in [-0.15, -0.1) is 0 Å². The van der Waals surface area contributed by atoms with Crippen LogP contribution in [0.2, 0.25) is 0 Å². The van der Waals surface area contributed by atoms with Gasteiger partial charge >= 0.3 is 0 Å². The molecule has 108 valence electrons. The third-order valence-electron chi connectivity index (χ3n) is 5.11. The number of rotatable bonds is 3. The van der Waals surface area contributed by atoms with Crippen molar-refractivity contribution in [2.75, 3.05) is 0 Å². The van der Waals surface area contributed by atoms with E-state index in [9.17, 15) is 9.50 Å². The third-order valence-corrected chi connectivity index (χ3v) is 5.11. The van der Waals surface area contributed by atoms with Crippen molar-refractivity contribution in [3.63, 3.8) is 0 Å². The number of oxime groups is 1. The van der Waals surface area contributed by atoms with E-state index >= 15 is 0 Å². The molecule has 2 fully saturated rings. The molecule has 2 saturated carbocycles. The van der Waals surface area contributed by atoms with Crippen molar-refractivity contribution in [3.05, 3.63) is 35.6 Å². The Morgan fingerprint density at radius 2 is 2.00 bits per heavy atom. The molecule has 2 aliphatic carbocycles. The highest BCUT2D eigenvalue weighted by atomic mass is 19.1. The normalized spacial score (nSPS) is 28.3. The highest BCUT2D eigenvalue weighted by molar-refractivity contribution is 5.88. The molecule has 0 radical (unpaired) electrons. The Bertz CT molecular complexity index is 525. The molecule has 3 nitrogen and oxygen atoms in total. The second-order valence-corrected chi connectivity index (χ2v) is 6.02. The molecule has 0 spiro atoms. The summed E-state index contributed by atoms with van der Waals surface area (Å²) < 4.78 is 14.1. The monoisotopic (exact) mass is 277 g/mol. The average Bonchev–Trinajstić information content (AvgIpc) is 2.87. The predicted octanol–water partition coefficient (Wildman–Crippen LogP) is 3.24. The van der Waals surface area contributed by atoms with Crippen LogP contribution in [-0.2, 0) is 5.41 Å². The maximum absolute atomic E-state index is 14.1. The molecule has 3 rings (SSSR count). The lowest BCUT2D eigenvalue weighted by Gasteiger charge is -2.48. The van der Waals surface area contributed by atoms with Crippen molar-refractivity contribution >= 4 is 5.71 Å². The summed E-state index contributed by atoms with van der Waals surface area (Å²) in [7, 11) is 0. The third kappa shape index (κ3) is 1.94. The smallest absolute Gasteiger partial charge is 0.127 e. The number of aliphatic hydroxyl groups is 1. The largest absolute Gasteiger partial charge is 0.411 e. The van der Waals surface area contributed by atoms with Crippen molar-refractivity contribution in [2.24, 2.45) is 11.1 Å². The van der Waals surface area contributed by atoms with E-state index in [1.807, 2.05) is 6.07 Å². The van der Waals surface area contributed by atoms with Gasteiger partial charge in [-0.05, 0) is 43.7 Å². The molecule has 2 atom stereocenters. The van der Waals surface area contributed by atoms with Crippen LogP contribution in [0.3, 0.4) is 0 Å². The van der Waals surface area contributed by atoms with Gasteiger partial charge in [-0.2, -0.15) is 0 Å². The first kappa shape index (κ1) is 13.6. The van der Waals surface area contributed by atoms with Gasteiger partial charge in [-0.3, -0.25) is 0 Å². The summed E-state index contributed by atoms with van der Waals surface area (Å²) in [5.74, 6) is -0.383. The number of benzene rings is 1. The Labute approximate surface area is 118 Å². The Kier molecular flexibility index (Phi) is 3.50. The minimum absolute atomic E-state index is 0.139. The first-order valence-electron chi connectivity index (χ1n) is 7.33. The Hall–Kier alpha value is -1.42. The van der Waals surface area contributed by atoms with Gasteiger partial charge < -0.3 is 10.3 Å².